The van der Waals surface area contributed by atoms with Gasteiger partial charge in [-0.25, -0.2) is 0 Å². The number of anilines is 3. The zero-order valence-corrected chi connectivity index (χ0v) is 13.8. The van der Waals surface area contributed by atoms with E-state index in [1.165, 1.54) is 6.92 Å². The third-order valence-electron chi connectivity index (χ3n) is 3.20. The lowest BCUT2D eigenvalue weighted by Gasteiger charge is -2.09. The number of hydrogen-bond acceptors (Lipinski definition) is 4. The van der Waals surface area contributed by atoms with Gasteiger partial charge in [-0.3, -0.25) is 14.4 Å². The predicted molar refractivity (Wildman–Crippen MR) is 96.5 cm³/mol. The standard InChI is InChI=1S/C18H20N4O3/c1-13(23)19-11-12-20-17(24)18(25)22-16-9-7-15(8-10-16)21-14-5-3-2-4-6-14/h2-10,21H,11-12H2,1H3,(H,19,23)(H,20,24)(H,22,25). The first-order valence-electron chi connectivity index (χ1n) is 7.80. The normalized spacial score (nSPS) is 9.80. The van der Waals surface area contributed by atoms with E-state index >= 15 is 0 Å². The maximum absolute atomic E-state index is 11.8. The molecule has 0 saturated heterocycles. The Hall–Kier alpha value is -3.35. The molecular weight excluding hydrogens is 320 g/mol. The lowest BCUT2D eigenvalue weighted by Crippen LogP contribution is -2.39. The minimum atomic E-state index is -0.758. The second-order valence-electron chi connectivity index (χ2n) is 5.26. The molecule has 130 valence electrons. The number of benzene rings is 2. The molecule has 0 bridgehead atoms. The minimum absolute atomic E-state index is 0.186. The van der Waals surface area contributed by atoms with E-state index in [9.17, 15) is 14.4 Å². The van der Waals surface area contributed by atoms with E-state index in [0.717, 1.165) is 11.4 Å². The predicted octanol–water partition coefficient (Wildman–Crippen LogP) is 1.62. The van der Waals surface area contributed by atoms with Crippen molar-refractivity contribution in [2.24, 2.45) is 0 Å². The number of carbonyl (C=O) groups excluding carboxylic acids is 3. The van der Waals surface area contributed by atoms with Crippen LogP contribution in [-0.2, 0) is 14.4 Å². The first-order chi connectivity index (χ1) is 12.0. The van der Waals surface area contributed by atoms with Crippen molar-refractivity contribution in [3.63, 3.8) is 0 Å². The Bertz CT molecular complexity index is 730. The number of para-hydroxylation sites is 1. The number of amides is 3. The van der Waals surface area contributed by atoms with Gasteiger partial charge in [0.2, 0.25) is 5.91 Å². The van der Waals surface area contributed by atoms with E-state index < -0.39 is 11.8 Å². The Morgan fingerprint density at radius 2 is 1.28 bits per heavy atom. The van der Waals surface area contributed by atoms with Crippen molar-refractivity contribution in [1.29, 1.82) is 0 Å². The molecule has 0 radical (unpaired) electrons. The monoisotopic (exact) mass is 340 g/mol. The molecule has 0 aliphatic rings. The van der Waals surface area contributed by atoms with Crippen LogP contribution in [0.3, 0.4) is 0 Å². The SMILES string of the molecule is CC(=O)NCCNC(=O)C(=O)Nc1ccc(Nc2ccccc2)cc1. The van der Waals surface area contributed by atoms with E-state index in [4.69, 9.17) is 0 Å². The maximum atomic E-state index is 11.8. The summed E-state index contributed by atoms with van der Waals surface area (Å²) in [6, 6.07) is 16.7. The number of carbonyl (C=O) groups is 3. The molecule has 0 fully saturated rings. The Balaban J connectivity index is 1.80. The fraction of sp³-hybridized carbons (Fsp3) is 0.167. The van der Waals surface area contributed by atoms with Crippen molar-refractivity contribution in [2.75, 3.05) is 23.7 Å². The third-order valence-corrected chi connectivity index (χ3v) is 3.20. The average Bonchev–Trinajstić information content (AvgIpc) is 2.61. The highest BCUT2D eigenvalue weighted by atomic mass is 16.2. The van der Waals surface area contributed by atoms with Crippen LogP contribution in [0.5, 0.6) is 0 Å². The lowest BCUT2D eigenvalue weighted by atomic mass is 10.2. The van der Waals surface area contributed by atoms with Gasteiger partial charge in [0.15, 0.2) is 0 Å². The molecule has 3 amide bonds. The van der Waals surface area contributed by atoms with E-state index in [1.54, 1.807) is 24.3 Å². The minimum Gasteiger partial charge on any atom is -0.356 e. The highest BCUT2D eigenvalue weighted by molar-refractivity contribution is 6.39. The van der Waals surface area contributed by atoms with Gasteiger partial charge >= 0.3 is 11.8 Å². The summed E-state index contributed by atoms with van der Waals surface area (Å²) in [5.41, 5.74) is 2.34. The molecule has 2 rings (SSSR count). The van der Waals surface area contributed by atoms with Gasteiger partial charge in [-0.15, -0.1) is 0 Å². The van der Waals surface area contributed by atoms with Crippen molar-refractivity contribution < 1.29 is 14.4 Å². The molecule has 0 unspecified atom stereocenters. The van der Waals surface area contributed by atoms with Crippen molar-refractivity contribution in [1.82, 2.24) is 10.6 Å². The molecule has 0 spiro atoms. The fourth-order valence-corrected chi connectivity index (χ4v) is 2.01. The summed E-state index contributed by atoms with van der Waals surface area (Å²) in [4.78, 5) is 34.1. The van der Waals surface area contributed by atoms with Gasteiger partial charge in [0.25, 0.3) is 0 Å². The van der Waals surface area contributed by atoms with Crippen LogP contribution in [0.4, 0.5) is 17.1 Å². The number of hydrogen-bond donors (Lipinski definition) is 4. The number of rotatable bonds is 6. The summed E-state index contributed by atoms with van der Waals surface area (Å²) >= 11 is 0. The van der Waals surface area contributed by atoms with Crippen LogP contribution in [0.25, 0.3) is 0 Å². The van der Waals surface area contributed by atoms with Crippen LogP contribution < -0.4 is 21.3 Å². The zero-order valence-electron chi connectivity index (χ0n) is 13.8. The van der Waals surface area contributed by atoms with Gasteiger partial charge in [-0.1, -0.05) is 18.2 Å². The molecule has 0 aliphatic carbocycles. The van der Waals surface area contributed by atoms with Crippen LogP contribution in [0, 0.1) is 0 Å². The topological polar surface area (TPSA) is 99.3 Å². The molecule has 2 aromatic rings. The highest BCUT2D eigenvalue weighted by Crippen LogP contribution is 2.18. The molecule has 0 aliphatic heterocycles. The lowest BCUT2D eigenvalue weighted by molar-refractivity contribution is -0.136. The summed E-state index contributed by atoms with van der Waals surface area (Å²) in [6.07, 6.45) is 0. The van der Waals surface area contributed by atoms with Gasteiger partial charge < -0.3 is 21.3 Å². The largest absolute Gasteiger partial charge is 0.356 e. The van der Waals surface area contributed by atoms with Gasteiger partial charge in [-0.05, 0) is 36.4 Å². The van der Waals surface area contributed by atoms with Crippen LogP contribution in [0.2, 0.25) is 0 Å². The third kappa shape index (κ3) is 6.34. The molecular formula is C18H20N4O3. The molecule has 0 heterocycles. The molecule has 0 aromatic heterocycles. The second kappa shape index (κ2) is 9.07. The van der Waals surface area contributed by atoms with Crippen molar-refractivity contribution in [3.05, 3.63) is 54.6 Å². The second-order valence-corrected chi connectivity index (χ2v) is 5.26. The smallest absolute Gasteiger partial charge is 0.313 e. The molecule has 2 aromatic carbocycles. The summed E-state index contributed by atoms with van der Waals surface area (Å²) in [5, 5.41) is 10.7. The van der Waals surface area contributed by atoms with Gasteiger partial charge in [-0.2, -0.15) is 0 Å². The van der Waals surface area contributed by atoms with Crippen LogP contribution in [0.1, 0.15) is 6.92 Å². The first kappa shape index (κ1) is 18.0. The Kier molecular flexibility index (Phi) is 6.53. The van der Waals surface area contributed by atoms with Crippen LogP contribution >= 0.6 is 0 Å². The zero-order chi connectivity index (χ0) is 18.1. The van der Waals surface area contributed by atoms with Crippen LogP contribution in [-0.4, -0.2) is 30.8 Å². The molecule has 7 heteroatoms. The van der Waals surface area contributed by atoms with Gasteiger partial charge in [0.05, 0.1) is 0 Å². The molecule has 0 atom stereocenters. The quantitative estimate of drug-likeness (QED) is 0.474. The van der Waals surface area contributed by atoms with Crippen molar-refractivity contribution in [3.8, 4) is 0 Å². The summed E-state index contributed by atoms with van der Waals surface area (Å²) < 4.78 is 0. The maximum Gasteiger partial charge on any atom is 0.313 e. The average molecular weight is 340 g/mol. The van der Waals surface area contributed by atoms with E-state index in [-0.39, 0.29) is 19.0 Å². The summed E-state index contributed by atoms with van der Waals surface area (Å²) in [5.74, 6) is -1.70. The Labute approximate surface area is 145 Å². The fourth-order valence-electron chi connectivity index (χ4n) is 2.01. The number of nitrogens with one attached hydrogen (secondary N) is 4. The van der Waals surface area contributed by atoms with Gasteiger partial charge in [0.1, 0.15) is 0 Å². The van der Waals surface area contributed by atoms with Crippen molar-refractivity contribution >= 4 is 34.8 Å². The van der Waals surface area contributed by atoms with E-state index in [2.05, 4.69) is 21.3 Å². The summed E-state index contributed by atoms with van der Waals surface area (Å²) in [7, 11) is 0. The molecule has 0 saturated carbocycles. The summed E-state index contributed by atoms with van der Waals surface area (Å²) in [6.45, 7) is 1.84. The highest BCUT2D eigenvalue weighted by Gasteiger charge is 2.12. The Morgan fingerprint density at radius 3 is 1.92 bits per heavy atom. The van der Waals surface area contributed by atoms with Gasteiger partial charge in [0, 0.05) is 37.1 Å². The van der Waals surface area contributed by atoms with E-state index in [0.29, 0.717) is 5.69 Å². The molecule has 4 N–H and O–H groups in total. The molecule has 25 heavy (non-hydrogen) atoms. The molecule has 7 nitrogen and oxygen atoms in total. The van der Waals surface area contributed by atoms with Crippen LogP contribution in [0.15, 0.2) is 54.6 Å². The van der Waals surface area contributed by atoms with E-state index in [1.807, 2.05) is 30.3 Å². The van der Waals surface area contributed by atoms with Crippen molar-refractivity contribution in [2.45, 2.75) is 6.92 Å². The first-order valence-corrected chi connectivity index (χ1v) is 7.80. The Morgan fingerprint density at radius 1 is 0.720 bits per heavy atom.